The van der Waals surface area contributed by atoms with Crippen molar-refractivity contribution in [1.82, 2.24) is 4.90 Å². The number of methoxy groups -OCH3 is 1. The number of benzene rings is 3. The number of carbonyl (C=O) groups excluding carboxylic acids is 4. The SMILES string of the molecule is [2H]C([2H])([2H])C1=C(c2ccc(O[Si](C)(C)C(C)(C)C)cc2)[C@H](c2ccc(OCCN3CCCCC3)cc2)Oc2cc(O[C@@H]3O[C@H](C(=O)OC)[C@@H](OC(C)=O)[C@H](OC(C)=O)[C@H]3OC(C)=O)ccc21. The first-order valence-electron chi connectivity index (χ1n) is 22.8. The highest BCUT2D eigenvalue weighted by atomic mass is 28.4. The minimum Gasteiger partial charge on any atom is -0.544 e. The van der Waals surface area contributed by atoms with E-state index in [4.69, 9.17) is 46.4 Å². The molecule has 0 aromatic heterocycles. The molecular formula is C48H61NO13Si. The first kappa shape index (κ1) is 42.9. The van der Waals surface area contributed by atoms with Gasteiger partial charge in [-0.25, -0.2) is 4.79 Å². The molecule has 0 saturated carbocycles. The van der Waals surface area contributed by atoms with Crippen LogP contribution in [0.3, 0.4) is 0 Å². The summed E-state index contributed by atoms with van der Waals surface area (Å²) in [6.45, 7) is 14.8. The lowest BCUT2D eigenvalue weighted by atomic mass is 9.86. The first-order chi connectivity index (χ1) is 31.1. The quantitative estimate of drug-likeness (QED) is 0.0870. The second-order valence-electron chi connectivity index (χ2n) is 17.4. The van der Waals surface area contributed by atoms with Crippen molar-refractivity contribution in [1.29, 1.82) is 0 Å². The molecular weight excluding hydrogens is 827 g/mol. The van der Waals surface area contributed by atoms with Gasteiger partial charge >= 0.3 is 23.9 Å². The Hall–Kier alpha value is -5.38. The van der Waals surface area contributed by atoms with Crippen molar-refractivity contribution < 1.29 is 65.6 Å². The number of fused-ring (bicyclic) bond motifs is 1. The largest absolute Gasteiger partial charge is 0.544 e. The molecule has 340 valence electrons. The van der Waals surface area contributed by atoms with Gasteiger partial charge in [-0.05, 0) is 104 Å². The monoisotopic (exact) mass is 890 g/mol. The number of rotatable bonds is 14. The maximum atomic E-state index is 13.1. The van der Waals surface area contributed by atoms with E-state index in [1.807, 2.05) is 48.5 Å². The molecule has 0 amide bonds. The van der Waals surface area contributed by atoms with Gasteiger partial charge in [-0.1, -0.05) is 51.5 Å². The average molecular weight is 891 g/mol. The van der Waals surface area contributed by atoms with Gasteiger partial charge in [-0.3, -0.25) is 19.3 Å². The van der Waals surface area contributed by atoms with E-state index in [9.17, 15) is 19.2 Å². The zero-order chi connectivity index (χ0) is 48.1. The van der Waals surface area contributed by atoms with E-state index >= 15 is 0 Å². The van der Waals surface area contributed by atoms with Gasteiger partial charge in [-0.15, -0.1) is 0 Å². The molecule has 0 aliphatic carbocycles. The minimum atomic E-state index is -2.66. The Morgan fingerprint density at radius 1 is 0.794 bits per heavy atom. The summed E-state index contributed by atoms with van der Waals surface area (Å²) in [6.07, 6.45) is -5.46. The van der Waals surface area contributed by atoms with E-state index in [0.29, 0.717) is 34.8 Å². The third-order valence-corrected chi connectivity index (χ3v) is 16.1. The second kappa shape index (κ2) is 20.0. The number of hydrogen-bond acceptors (Lipinski definition) is 14. The van der Waals surface area contributed by atoms with Crippen LogP contribution in [0.25, 0.3) is 11.1 Å². The van der Waals surface area contributed by atoms with Crippen LogP contribution in [0.2, 0.25) is 18.1 Å². The Labute approximate surface area is 375 Å². The number of carbonyl (C=O) groups is 4. The van der Waals surface area contributed by atoms with Crippen LogP contribution in [-0.2, 0) is 42.9 Å². The number of hydrogen-bond donors (Lipinski definition) is 0. The molecule has 15 heteroatoms. The Morgan fingerprint density at radius 2 is 1.40 bits per heavy atom. The van der Waals surface area contributed by atoms with Crippen molar-refractivity contribution >= 4 is 43.3 Å². The Bertz CT molecular complexity index is 2250. The summed E-state index contributed by atoms with van der Waals surface area (Å²) in [6, 6.07) is 19.2. The molecule has 3 aliphatic heterocycles. The van der Waals surface area contributed by atoms with E-state index < -0.39 is 75.9 Å². The standard InChI is InChI=1S/C48H61NO13Si/c1-29-38-23-22-37(59-47-45(58-32(4)52)43(57-31(3)51)42(56-30(2)50)44(61-47)46(53)54-8)28-39(38)60-41(34-16-18-35(19-17-34)55-27-26-49-24-12-11-13-25-49)40(29)33-14-20-36(21-15-33)62-63(9,10)48(5,6)7/h14-23,28,41-45,47H,11-13,24-27H2,1-10H3/t41-,42-,43-,44-,45+,47+/m0/s1/i1D3. The van der Waals surface area contributed by atoms with Crippen LogP contribution >= 0.6 is 0 Å². The molecule has 6 atom stereocenters. The third-order valence-electron chi connectivity index (χ3n) is 11.7. The topological polar surface area (TPSA) is 155 Å². The number of piperidine rings is 1. The molecule has 0 bridgehead atoms. The maximum absolute atomic E-state index is 13.1. The molecule has 0 radical (unpaired) electrons. The van der Waals surface area contributed by atoms with Crippen LogP contribution in [0.1, 0.15) is 94.6 Å². The van der Waals surface area contributed by atoms with Gasteiger partial charge in [0.1, 0.15) is 35.7 Å². The molecule has 2 fully saturated rings. The average Bonchev–Trinajstić information content (AvgIpc) is 3.24. The predicted octanol–water partition coefficient (Wildman–Crippen LogP) is 8.07. The smallest absolute Gasteiger partial charge is 0.339 e. The van der Waals surface area contributed by atoms with Gasteiger partial charge in [0, 0.05) is 48.6 Å². The van der Waals surface area contributed by atoms with Gasteiger partial charge < -0.3 is 42.3 Å². The summed E-state index contributed by atoms with van der Waals surface area (Å²) >= 11 is 0. The summed E-state index contributed by atoms with van der Waals surface area (Å²) in [5.41, 5.74) is 1.96. The van der Waals surface area contributed by atoms with E-state index in [-0.39, 0.29) is 27.7 Å². The van der Waals surface area contributed by atoms with E-state index in [1.165, 1.54) is 37.5 Å². The van der Waals surface area contributed by atoms with Crippen molar-refractivity contribution in [2.24, 2.45) is 0 Å². The van der Waals surface area contributed by atoms with E-state index in [0.717, 1.165) is 47.5 Å². The van der Waals surface area contributed by atoms with Crippen LogP contribution < -0.4 is 18.6 Å². The molecule has 3 aromatic rings. The third kappa shape index (κ3) is 11.4. The first-order valence-corrected chi connectivity index (χ1v) is 24.2. The number of allylic oxidation sites excluding steroid dienone is 1. The molecule has 3 heterocycles. The Morgan fingerprint density at radius 3 is 2.00 bits per heavy atom. The Balaban J connectivity index is 1.41. The fraction of sp³-hybridized carbons (Fsp3) is 0.500. The highest BCUT2D eigenvalue weighted by molar-refractivity contribution is 6.74. The van der Waals surface area contributed by atoms with Crippen LogP contribution in [0, 0.1) is 0 Å². The van der Waals surface area contributed by atoms with Gasteiger partial charge in [-0.2, -0.15) is 0 Å². The second-order valence-corrected chi connectivity index (χ2v) is 22.2. The zero-order valence-corrected chi connectivity index (χ0v) is 38.5. The van der Waals surface area contributed by atoms with Crippen LogP contribution in [0.5, 0.6) is 23.0 Å². The Kier molecular flexibility index (Phi) is 13.6. The zero-order valence-electron chi connectivity index (χ0n) is 40.5. The number of ether oxygens (including phenoxy) is 8. The molecule has 63 heavy (non-hydrogen) atoms. The summed E-state index contributed by atoms with van der Waals surface area (Å²) in [5, 5.41) is -0.0511. The van der Waals surface area contributed by atoms with E-state index in [1.54, 1.807) is 0 Å². The van der Waals surface area contributed by atoms with Crippen molar-refractivity contribution in [3.63, 3.8) is 0 Å². The molecule has 3 aliphatic rings. The molecule has 0 unspecified atom stereocenters. The van der Waals surface area contributed by atoms with Gasteiger partial charge in [0.15, 0.2) is 18.3 Å². The molecule has 0 spiro atoms. The van der Waals surface area contributed by atoms with Gasteiger partial charge in [0.2, 0.25) is 20.7 Å². The fourth-order valence-electron chi connectivity index (χ4n) is 7.55. The molecule has 14 nitrogen and oxygen atoms in total. The van der Waals surface area contributed by atoms with Crippen LogP contribution in [-0.4, -0.2) is 101 Å². The highest BCUT2D eigenvalue weighted by Gasteiger charge is 2.56. The minimum absolute atomic E-state index is 0.0312. The van der Waals surface area contributed by atoms with Crippen molar-refractivity contribution in [2.45, 2.75) is 123 Å². The number of esters is 4. The fourth-order valence-corrected chi connectivity index (χ4v) is 8.58. The van der Waals surface area contributed by atoms with Crippen molar-refractivity contribution in [2.75, 3.05) is 33.4 Å². The maximum Gasteiger partial charge on any atom is 0.339 e. The van der Waals surface area contributed by atoms with Crippen LogP contribution in [0.15, 0.2) is 66.7 Å². The van der Waals surface area contributed by atoms with Crippen molar-refractivity contribution in [3.05, 3.63) is 83.4 Å². The normalized spacial score (nSPS) is 23.7. The van der Waals surface area contributed by atoms with Gasteiger partial charge in [0.25, 0.3) is 0 Å². The van der Waals surface area contributed by atoms with Gasteiger partial charge in [0.05, 0.1) is 7.11 Å². The molecule has 3 aromatic carbocycles. The summed E-state index contributed by atoms with van der Waals surface area (Å²) < 4.78 is 80.0. The van der Waals surface area contributed by atoms with Crippen LogP contribution in [0.4, 0.5) is 0 Å². The highest BCUT2D eigenvalue weighted by Crippen LogP contribution is 2.48. The van der Waals surface area contributed by atoms with Crippen molar-refractivity contribution in [3.8, 4) is 23.0 Å². The lowest BCUT2D eigenvalue weighted by Crippen LogP contribution is -2.64. The summed E-state index contributed by atoms with van der Waals surface area (Å²) in [7, 11) is -1.12. The lowest BCUT2D eigenvalue weighted by molar-refractivity contribution is -0.282. The number of likely N-dealkylation sites (tertiary alicyclic amines) is 1. The van der Waals surface area contributed by atoms with E-state index in [2.05, 4.69) is 38.8 Å². The summed E-state index contributed by atoms with van der Waals surface area (Å²) in [5.74, 6) is -2.04. The molecule has 2 saturated heterocycles. The lowest BCUT2D eigenvalue weighted by Gasteiger charge is -2.43. The molecule has 0 N–H and O–H groups in total. The summed E-state index contributed by atoms with van der Waals surface area (Å²) in [4.78, 5) is 52.5. The molecule has 6 rings (SSSR count). The predicted molar refractivity (Wildman–Crippen MR) is 237 cm³/mol. The number of nitrogens with zero attached hydrogens (tertiary/aromatic N) is 1.